The third-order valence-corrected chi connectivity index (χ3v) is 3.93. The van der Waals surface area contributed by atoms with Crippen molar-refractivity contribution in [3.8, 4) is 0 Å². The van der Waals surface area contributed by atoms with Crippen LogP contribution >= 0.6 is 0 Å². The molecule has 0 saturated carbocycles. The fourth-order valence-corrected chi connectivity index (χ4v) is 2.64. The molecule has 116 valence electrons. The van der Waals surface area contributed by atoms with Gasteiger partial charge in [0.1, 0.15) is 0 Å². The molecule has 3 heteroatoms. The minimum absolute atomic E-state index is 0.438. The SMILES string of the molecule is CCc1cccc(C)c1N=C(N)Nc1c(C)cccc1CC. The van der Waals surface area contributed by atoms with Gasteiger partial charge < -0.3 is 11.1 Å². The van der Waals surface area contributed by atoms with Crippen molar-refractivity contribution in [2.75, 3.05) is 5.32 Å². The van der Waals surface area contributed by atoms with Gasteiger partial charge in [0.2, 0.25) is 0 Å². The molecule has 2 aromatic rings. The van der Waals surface area contributed by atoms with Crippen LogP contribution < -0.4 is 11.1 Å². The Hall–Kier alpha value is -2.29. The highest BCUT2D eigenvalue weighted by Crippen LogP contribution is 2.25. The van der Waals surface area contributed by atoms with Crippen molar-refractivity contribution >= 4 is 17.3 Å². The van der Waals surface area contributed by atoms with Crippen LogP contribution in [0.2, 0.25) is 0 Å². The zero-order valence-corrected chi connectivity index (χ0v) is 13.9. The maximum atomic E-state index is 6.16. The third-order valence-electron chi connectivity index (χ3n) is 3.93. The first-order chi connectivity index (χ1) is 10.6. The molecule has 0 radical (unpaired) electrons. The largest absolute Gasteiger partial charge is 0.369 e. The van der Waals surface area contributed by atoms with Crippen LogP contribution in [0.25, 0.3) is 0 Å². The Labute approximate surface area is 133 Å². The van der Waals surface area contributed by atoms with Gasteiger partial charge in [0, 0.05) is 5.69 Å². The van der Waals surface area contributed by atoms with Crippen molar-refractivity contribution < 1.29 is 0 Å². The fourth-order valence-electron chi connectivity index (χ4n) is 2.64. The van der Waals surface area contributed by atoms with E-state index in [9.17, 15) is 0 Å². The maximum Gasteiger partial charge on any atom is 0.198 e. The van der Waals surface area contributed by atoms with Gasteiger partial charge in [-0.1, -0.05) is 50.2 Å². The van der Waals surface area contributed by atoms with E-state index < -0.39 is 0 Å². The average Bonchev–Trinajstić information content (AvgIpc) is 2.51. The van der Waals surface area contributed by atoms with Crippen LogP contribution in [-0.4, -0.2) is 5.96 Å². The summed E-state index contributed by atoms with van der Waals surface area (Å²) in [4.78, 5) is 4.62. The molecule has 0 aliphatic heterocycles. The molecule has 0 atom stereocenters. The molecular weight excluding hydrogens is 270 g/mol. The second kappa shape index (κ2) is 7.12. The van der Waals surface area contributed by atoms with Crippen LogP contribution in [0.5, 0.6) is 0 Å². The minimum atomic E-state index is 0.438. The van der Waals surface area contributed by atoms with E-state index in [1.807, 2.05) is 0 Å². The quantitative estimate of drug-likeness (QED) is 0.645. The Morgan fingerprint density at radius 1 is 0.955 bits per heavy atom. The number of hydrogen-bond acceptors (Lipinski definition) is 1. The molecule has 22 heavy (non-hydrogen) atoms. The van der Waals surface area contributed by atoms with Crippen molar-refractivity contribution in [1.82, 2.24) is 0 Å². The van der Waals surface area contributed by atoms with Crippen molar-refractivity contribution in [3.05, 3.63) is 58.7 Å². The third kappa shape index (κ3) is 3.48. The first kappa shape index (κ1) is 16.1. The van der Waals surface area contributed by atoms with E-state index in [0.717, 1.165) is 29.8 Å². The molecule has 3 N–H and O–H groups in total. The van der Waals surface area contributed by atoms with Crippen molar-refractivity contribution in [3.63, 3.8) is 0 Å². The van der Waals surface area contributed by atoms with E-state index >= 15 is 0 Å². The summed E-state index contributed by atoms with van der Waals surface area (Å²) >= 11 is 0. The molecule has 0 spiro atoms. The van der Waals surface area contributed by atoms with Gasteiger partial charge in [-0.3, -0.25) is 0 Å². The van der Waals surface area contributed by atoms with E-state index in [0.29, 0.717) is 5.96 Å². The molecule has 2 rings (SSSR count). The predicted molar refractivity (Wildman–Crippen MR) is 96.0 cm³/mol. The number of nitrogens with zero attached hydrogens (tertiary/aromatic N) is 1. The second-order valence-electron chi connectivity index (χ2n) is 5.52. The molecule has 3 nitrogen and oxygen atoms in total. The number of hydrogen-bond donors (Lipinski definition) is 2. The molecule has 0 heterocycles. The molecule has 2 aromatic carbocycles. The lowest BCUT2D eigenvalue weighted by molar-refractivity contribution is 1.12. The summed E-state index contributed by atoms with van der Waals surface area (Å²) in [6, 6.07) is 12.5. The zero-order chi connectivity index (χ0) is 16.1. The zero-order valence-electron chi connectivity index (χ0n) is 13.9. The lowest BCUT2D eigenvalue weighted by atomic mass is 10.1. The standard InChI is InChI=1S/C19H25N3/c1-5-15-11-7-9-13(3)17(15)21-19(20)22-18-14(4)10-8-12-16(18)6-2/h7-12H,5-6H2,1-4H3,(H3,20,21,22). The Kier molecular flexibility index (Phi) is 5.21. The van der Waals surface area contributed by atoms with Gasteiger partial charge >= 0.3 is 0 Å². The Bertz CT molecular complexity index is 687. The molecule has 0 aromatic heterocycles. The highest BCUT2D eigenvalue weighted by molar-refractivity contribution is 5.95. The Morgan fingerprint density at radius 3 is 2.18 bits per heavy atom. The van der Waals surface area contributed by atoms with Gasteiger partial charge in [-0.25, -0.2) is 4.99 Å². The Balaban J connectivity index is 2.36. The van der Waals surface area contributed by atoms with Crippen LogP contribution in [0.4, 0.5) is 11.4 Å². The lowest BCUT2D eigenvalue weighted by Crippen LogP contribution is -2.23. The molecule has 0 amide bonds. The van der Waals surface area contributed by atoms with Gasteiger partial charge in [-0.05, 0) is 48.9 Å². The van der Waals surface area contributed by atoms with Gasteiger partial charge in [-0.15, -0.1) is 0 Å². The summed E-state index contributed by atoms with van der Waals surface area (Å²) in [5, 5.41) is 3.28. The number of aliphatic imine (C=N–C) groups is 1. The van der Waals surface area contributed by atoms with Crippen LogP contribution in [-0.2, 0) is 12.8 Å². The summed E-state index contributed by atoms with van der Waals surface area (Å²) in [7, 11) is 0. The van der Waals surface area contributed by atoms with E-state index in [-0.39, 0.29) is 0 Å². The topological polar surface area (TPSA) is 50.4 Å². The predicted octanol–water partition coefficient (Wildman–Crippen LogP) is 4.49. The molecule has 0 aliphatic rings. The van der Waals surface area contributed by atoms with Crippen LogP contribution in [0, 0.1) is 13.8 Å². The number of anilines is 1. The fraction of sp³-hybridized carbons (Fsp3) is 0.316. The van der Waals surface area contributed by atoms with Crippen LogP contribution in [0.3, 0.4) is 0 Å². The smallest absolute Gasteiger partial charge is 0.198 e. The van der Waals surface area contributed by atoms with Gasteiger partial charge in [0.25, 0.3) is 0 Å². The number of aryl methyl sites for hydroxylation is 4. The van der Waals surface area contributed by atoms with Gasteiger partial charge in [0.05, 0.1) is 5.69 Å². The molecular formula is C19H25N3. The average molecular weight is 295 g/mol. The molecule has 0 saturated heterocycles. The van der Waals surface area contributed by atoms with Crippen LogP contribution in [0.1, 0.15) is 36.1 Å². The molecule has 0 aliphatic carbocycles. The molecule has 0 bridgehead atoms. The van der Waals surface area contributed by atoms with Gasteiger partial charge in [-0.2, -0.15) is 0 Å². The first-order valence-electron chi connectivity index (χ1n) is 7.85. The number of benzene rings is 2. The van der Waals surface area contributed by atoms with E-state index in [1.165, 1.54) is 16.7 Å². The van der Waals surface area contributed by atoms with E-state index in [1.54, 1.807) is 0 Å². The van der Waals surface area contributed by atoms with E-state index in [4.69, 9.17) is 5.73 Å². The van der Waals surface area contributed by atoms with Crippen LogP contribution in [0.15, 0.2) is 41.4 Å². The number of guanidine groups is 1. The molecule has 0 unspecified atom stereocenters. The summed E-state index contributed by atoms with van der Waals surface area (Å²) in [5.74, 6) is 0.438. The Morgan fingerprint density at radius 2 is 1.55 bits per heavy atom. The highest BCUT2D eigenvalue weighted by atomic mass is 15.1. The van der Waals surface area contributed by atoms with Crippen molar-refractivity contribution in [2.24, 2.45) is 10.7 Å². The molecule has 0 fully saturated rings. The summed E-state index contributed by atoms with van der Waals surface area (Å²) in [6.07, 6.45) is 1.90. The number of nitrogens with two attached hydrogens (primary N) is 1. The van der Waals surface area contributed by atoms with Gasteiger partial charge in [0.15, 0.2) is 5.96 Å². The number of para-hydroxylation sites is 2. The summed E-state index contributed by atoms with van der Waals surface area (Å²) in [6.45, 7) is 8.42. The summed E-state index contributed by atoms with van der Waals surface area (Å²) < 4.78 is 0. The normalized spacial score (nSPS) is 11.5. The van der Waals surface area contributed by atoms with Crippen molar-refractivity contribution in [1.29, 1.82) is 0 Å². The summed E-state index contributed by atoms with van der Waals surface area (Å²) in [5.41, 5.74) is 13.0. The van der Waals surface area contributed by atoms with E-state index in [2.05, 4.69) is 74.4 Å². The maximum absolute atomic E-state index is 6.16. The second-order valence-corrected chi connectivity index (χ2v) is 5.52. The monoisotopic (exact) mass is 295 g/mol. The first-order valence-corrected chi connectivity index (χ1v) is 7.85. The number of rotatable bonds is 4. The number of nitrogens with one attached hydrogen (secondary N) is 1. The minimum Gasteiger partial charge on any atom is -0.369 e. The van der Waals surface area contributed by atoms with Crippen molar-refractivity contribution in [2.45, 2.75) is 40.5 Å². The highest BCUT2D eigenvalue weighted by Gasteiger charge is 2.07. The lowest BCUT2D eigenvalue weighted by Gasteiger charge is -2.14.